The van der Waals surface area contributed by atoms with Crippen LogP contribution in [0.3, 0.4) is 0 Å². The van der Waals surface area contributed by atoms with Crippen LogP contribution >= 0.6 is 27.7 Å². The summed E-state index contributed by atoms with van der Waals surface area (Å²) in [5.74, 6) is 0.837. The van der Waals surface area contributed by atoms with Gasteiger partial charge in [0.05, 0.1) is 22.0 Å². The van der Waals surface area contributed by atoms with Gasteiger partial charge in [-0.1, -0.05) is 19.8 Å². The van der Waals surface area contributed by atoms with Crippen LogP contribution in [-0.4, -0.2) is 32.0 Å². The molecule has 0 bridgehead atoms. The second-order valence-electron chi connectivity index (χ2n) is 5.28. The first-order chi connectivity index (χ1) is 9.11. The first-order valence-corrected chi connectivity index (χ1v) is 8.95. The van der Waals surface area contributed by atoms with Crippen LogP contribution in [0.5, 0.6) is 0 Å². The van der Waals surface area contributed by atoms with E-state index in [0.29, 0.717) is 6.42 Å². The van der Waals surface area contributed by atoms with Gasteiger partial charge in [0.25, 0.3) is 0 Å². The molecule has 1 heterocycles. The molecule has 0 spiro atoms. The highest BCUT2D eigenvalue weighted by molar-refractivity contribution is 9.10. The summed E-state index contributed by atoms with van der Waals surface area (Å²) in [5.41, 5.74) is 2.18. The van der Waals surface area contributed by atoms with Crippen LogP contribution in [0.4, 0.5) is 0 Å². The fourth-order valence-electron chi connectivity index (χ4n) is 2.63. The maximum Gasteiger partial charge on any atom is 0.0766 e. The van der Waals surface area contributed by atoms with Crippen molar-refractivity contribution in [2.24, 2.45) is 7.05 Å². The fourth-order valence-corrected chi connectivity index (χ4v) is 4.68. The minimum absolute atomic E-state index is 0.276. The topological polar surface area (TPSA) is 38.0 Å². The van der Waals surface area contributed by atoms with E-state index in [9.17, 15) is 5.11 Å². The van der Waals surface area contributed by atoms with E-state index in [-0.39, 0.29) is 6.10 Å². The zero-order chi connectivity index (χ0) is 13.8. The summed E-state index contributed by atoms with van der Waals surface area (Å²) in [7, 11) is 1.95. The number of hydrogen-bond donors (Lipinski definition) is 1. The number of aliphatic hydroxyl groups is 1. The minimum Gasteiger partial charge on any atom is -0.392 e. The van der Waals surface area contributed by atoms with Crippen LogP contribution in [0.15, 0.2) is 4.47 Å². The Hall–Kier alpha value is -0.000000000000000111. The summed E-state index contributed by atoms with van der Waals surface area (Å²) in [5, 5.41) is 15.5. The number of rotatable bonds is 6. The van der Waals surface area contributed by atoms with Crippen molar-refractivity contribution in [2.45, 2.75) is 56.8 Å². The monoisotopic (exact) mass is 346 g/mol. The van der Waals surface area contributed by atoms with Crippen LogP contribution in [0.1, 0.15) is 44.0 Å². The average Bonchev–Trinajstić information content (AvgIpc) is 2.99. The standard InChI is InChI=1S/C14H23BrN2OS/c1-3-12-14(15)13(17(2)16-12)8-10(18)9-19-11-6-4-5-7-11/h10-11,18H,3-9H2,1-2H3. The van der Waals surface area contributed by atoms with Gasteiger partial charge in [-0.2, -0.15) is 16.9 Å². The molecule has 0 saturated heterocycles. The molecule has 2 rings (SSSR count). The Morgan fingerprint density at radius 2 is 2.16 bits per heavy atom. The first-order valence-electron chi connectivity index (χ1n) is 7.11. The molecular weight excluding hydrogens is 324 g/mol. The van der Waals surface area contributed by atoms with Crippen molar-refractivity contribution in [2.75, 3.05) is 5.75 Å². The van der Waals surface area contributed by atoms with Gasteiger partial charge in [-0.3, -0.25) is 4.68 Å². The van der Waals surface area contributed by atoms with E-state index in [4.69, 9.17) is 0 Å². The van der Waals surface area contributed by atoms with Crippen molar-refractivity contribution in [1.29, 1.82) is 0 Å². The smallest absolute Gasteiger partial charge is 0.0766 e. The number of aryl methyl sites for hydroxylation is 2. The fraction of sp³-hybridized carbons (Fsp3) is 0.786. The van der Waals surface area contributed by atoms with E-state index in [1.165, 1.54) is 25.7 Å². The predicted molar refractivity (Wildman–Crippen MR) is 84.7 cm³/mol. The van der Waals surface area contributed by atoms with Gasteiger partial charge in [0.1, 0.15) is 0 Å². The zero-order valence-corrected chi connectivity index (χ0v) is 14.1. The number of thioether (sulfide) groups is 1. The molecule has 1 N–H and O–H groups in total. The van der Waals surface area contributed by atoms with Crippen molar-refractivity contribution in [1.82, 2.24) is 9.78 Å². The van der Waals surface area contributed by atoms with Gasteiger partial charge in [-0.15, -0.1) is 0 Å². The van der Waals surface area contributed by atoms with Crippen LogP contribution in [0, 0.1) is 0 Å². The van der Waals surface area contributed by atoms with Crippen molar-refractivity contribution in [3.63, 3.8) is 0 Å². The average molecular weight is 347 g/mol. The first kappa shape index (κ1) is 15.4. The van der Waals surface area contributed by atoms with E-state index in [1.807, 2.05) is 23.5 Å². The summed E-state index contributed by atoms with van der Waals surface area (Å²) >= 11 is 5.55. The predicted octanol–water partition coefficient (Wildman–Crippen LogP) is 3.32. The van der Waals surface area contributed by atoms with Gasteiger partial charge in [-0.25, -0.2) is 0 Å². The number of aliphatic hydroxyl groups excluding tert-OH is 1. The maximum atomic E-state index is 10.2. The van der Waals surface area contributed by atoms with Crippen molar-refractivity contribution in [3.05, 3.63) is 15.9 Å². The van der Waals surface area contributed by atoms with Crippen molar-refractivity contribution >= 4 is 27.7 Å². The number of hydrogen-bond acceptors (Lipinski definition) is 3. The number of aromatic nitrogens is 2. The molecule has 1 aromatic heterocycles. The molecule has 0 aromatic carbocycles. The highest BCUT2D eigenvalue weighted by Gasteiger charge is 2.19. The molecule has 5 heteroatoms. The second-order valence-corrected chi connectivity index (χ2v) is 7.41. The lowest BCUT2D eigenvalue weighted by Gasteiger charge is -2.14. The van der Waals surface area contributed by atoms with Crippen molar-refractivity contribution < 1.29 is 5.11 Å². The Labute approximate surface area is 128 Å². The van der Waals surface area contributed by atoms with Gasteiger partial charge in [0.15, 0.2) is 0 Å². The van der Waals surface area contributed by atoms with Crippen LogP contribution < -0.4 is 0 Å². The third-order valence-corrected chi connectivity index (χ3v) is 6.19. The molecule has 1 unspecified atom stereocenters. The van der Waals surface area contributed by atoms with E-state index < -0.39 is 0 Å². The lowest BCUT2D eigenvalue weighted by atomic mass is 10.2. The van der Waals surface area contributed by atoms with E-state index in [0.717, 1.165) is 33.3 Å². The molecule has 1 aromatic rings. The Bertz CT molecular complexity index is 416. The molecule has 1 saturated carbocycles. The van der Waals surface area contributed by atoms with Gasteiger partial charge < -0.3 is 5.11 Å². The Morgan fingerprint density at radius 1 is 1.47 bits per heavy atom. The molecule has 0 aliphatic heterocycles. The summed E-state index contributed by atoms with van der Waals surface area (Å²) in [4.78, 5) is 0. The summed E-state index contributed by atoms with van der Waals surface area (Å²) in [6.45, 7) is 2.10. The van der Waals surface area contributed by atoms with E-state index in [1.54, 1.807) is 0 Å². The number of halogens is 1. The highest BCUT2D eigenvalue weighted by atomic mass is 79.9. The minimum atomic E-state index is -0.276. The lowest BCUT2D eigenvalue weighted by Crippen LogP contribution is -2.17. The lowest BCUT2D eigenvalue weighted by molar-refractivity contribution is 0.197. The normalized spacial score (nSPS) is 18.1. The molecule has 1 fully saturated rings. The molecule has 3 nitrogen and oxygen atoms in total. The maximum absolute atomic E-state index is 10.2. The molecule has 1 aliphatic carbocycles. The molecule has 0 radical (unpaired) electrons. The number of nitrogens with zero attached hydrogens (tertiary/aromatic N) is 2. The van der Waals surface area contributed by atoms with Crippen LogP contribution in [0.2, 0.25) is 0 Å². The highest BCUT2D eigenvalue weighted by Crippen LogP contribution is 2.30. The SMILES string of the molecule is CCc1nn(C)c(CC(O)CSC2CCCC2)c1Br. The Kier molecular flexibility index (Phi) is 5.78. The molecule has 1 atom stereocenters. The largest absolute Gasteiger partial charge is 0.392 e. The van der Waals surface area contributed by atoms with Crippen molar-refractivity contribution in [3.8, 4) is 0 Å². The Morgan fingerprint density at radius 3 is 2.74 bits per heavy atom. The molecule has 19 heavy (non-hydrogen) atoms. The quantitative estimate of drug-likeness (QED) is 0.858. The molecule has 1 aliphatic rings. The summed E-state index contributed by atoms with van der Waals surface area (Å²) < 4.78 is 2.97. The van der Waals surface area contributed by atoms with E-state index in [2.05, 4.69) is 28.0 Å². The molecular formula is C14H23BrN2OS. The van der Waals surface area contributed by atoms with Gasteiger partial charge >= 0.3 is 0 Å². The molecule has 0 amide bonds. The molecule has 108 valence electrons. The third kappa shape index (κ3) is 3.99. The summed E-state index contributed by atoms with van der Waals surface area (Å²) in [6, 6.07) is 0. The third-order valence-electron chi connectivity index (χ3n) is 3.76. The second kappa shape index (κ2) is 7.14. The van der Waals surface area contributed by atoms with Crippen LogP contribution in [0.25, 0.3) is 0 Å². The zero-order valence-electron chi connectivity index (χ0n) is 11.7. The Balaban J connectivity index is 1.87. The van der Waals surface area contributed by atoms with Gasteiger partial charge in [0.2, 0.25) is 0 Å². The van der Waals surface area contributed by atoms with Gasteiger partial charge in [0, 0.05) is 24.5 Å². The summed E-state index contributed by atoms with van der Waals surface area (Å²) in [6.07, 6.45) is 6.70. The van der Waals surface area contributed by atoms with E-state index >= 15 is 0 Å². The van der Waals surface area contributed by atoms with Gasteiger partial charge in [-0.05, 0) is 35.2 Å². The van der Waals surface area contributed by atoms with Crippen LogP contribution in [-0.2, 0) is 19.9 Å².